The molecule has 1 fully saturated rings. The number of piperidine rings is 1. The molecule has 4 aliphatic rings. The molecule has 6 rings (SSSR count). The van der Waals surface area contributed by atoms with Gasteiger partial charge in [0.2, 0.25) is 11.1 Å². The Kier molecular flexibility index (Phi) is 7.23. The highest BCUT2D eigenvalue weighted by atomic mass is 16.1. The van der Waals surface area contributed by atoms with Crippen molar-refractivity contribution in [2.75, 3.05) is 6.54 Å². The zero-order chi connectivity index (χ0) is 27.1. The third-order valence-electron chi connectivity index (χ3n) is 8.86. The molecule has 0 saturated carbocycles. The molecule has 1 unspecified atom stereocenters. The second-order valence-electron chi connectivity index (χ2n) is 12.0. The van der Waals surface area contributed by atoms with Crippen molar-refractivity contribution in [3.8, 4) is 0 Å². The Morgan fingerprint density at radius 1 is 0.895 bits per heavy atom. The molecule has 3 heterocycles. The van der Waals surface area contributed by atoms with Gasteiger partial charge in [0, 0.05) is 35.0 Å². The Labute approximate surface area is 225 Å². The topological polar surface area (TPSA) is 104 Å². The van der Waals surface area contributed by atoms with Gasteiger partial charge in [-0.25, -0.2) is 0 Å². The summed E-state index contributed by atoms with van der Waals surface area (Å²) in [6.45, 7) is 9.73. The molecule has 0 radical (unpaired) electrons. The van der Waals surface area contributed by atoms with E-state index in [-0.39, 0.29) is 16.7 Å². The summed E-state index contributed by atoms with van der Waals surface area (Å²) in [7, 11) is 0. The first kappa shape index (κ1) is 26.6. The molecule has 2 aromatic heterocycles. The van der Waals surface area contributed by atoms with Crippen LogP contribution in [-0.2, 0) is 23.9 Å². The predicted molar refractivity (Wildman–Crippen MR) is 154 cm³/mol. The number of rotatable bonds is 0. The summed E-state index contributed by atoms with van der Waals surface area (Å²) in [5.41, 5.74) is 14.9. The molecule has 202 valence electrons. The fourth-order valence-electron chi connectivity index (χ4n) is 7.54. The molecule has 38 heavy (non-hydrogen) atoms. The SMILES string of the molecule is C/C1=C/C(C)Cc2[nH]c(=O)ccc2[C@]2(CCCCN2)C1.C/C=C1\[C@H]2C=C(C)C[C@]1(N)c1ccc(=O)[nH]c1C2. The monoisotopic (exact) mass is 514 g/mol. The average Bonchev–Trinajstić information content (AvgIpc) is 2.83. The summed E-state index contributed by atoms with van der Waals surface area (Å²) in [6.07, 6.45) is 14.1. The summed E-state index contributed by atoms with van der Waals surface area (Å²) in [5.74, 6) is 0.812. The molecule has 5 N–H and O–H groups in total. The van der Waals surface area contributed by atoms with Crippen molar-refractivity contribution in [1.29, 1.82) is 0 Å². The van der Waals surface area contributed by atoms with E-state index in [0.29, 0.717) is 11.8 Å². The Balaban J connectivity index is 0.000000156. The Hall–Kier alpha value is -2.96. The van der Waals surface area contributed by atoms with E-state index in [1.807, 2.05) is 6.07 Å². The molecule has 3 aliphatic carbocycles. The van der Waals surface area contributed by atoms with Gasteiger partial charge in [0.05, 0.1) is 5.54 Å². The lowest BCUT2D eigenvalue weighted by Gasteiger charge is -2.45. The number of hydrogen-bond donors (Lipinski definition) is 4. The smallest absolute Gasteiger partial charge is 0.248 e. The second kappa shape index (κ2) is 10.3. The quantitative estimate of drug-likeness (QED) is 0.377. The minimum atomic E-state index is -0.434. The fraction of sp³-hybridized carbons (Fsp3) is 0.500. The van der Waals surface area contributed by atoms with Gasteiger partial charge >= 0.3 is 0 Å². The first-order valence-electron chi connectivity index (χ1n) is 14.1. The predicted octanol–water partition coefficient (Wildman–Crippen LogP) is 4.87. The van der Waals surface area contributed by atoms with Crippen LogP contribution < -0.4 is 22.2 Å². The van der Waals surface area contributed by atoms with Crippen molar-refractivity contribution in [3.05, 3.63) is 102 Å². The van der Waals surface area contributed by atoms with Gasteiger partial charge < -0.3 is 21.0 Å². The van der Waals surface area contributed by atoms with E-state index in [0.717, 1.165) is 55.6 Å². The number of nitrogens with two attached hydrogens (primary N) is 1. The highest BCUT2D eigenvalue weighted by molar-refractivity contribution is 5.48. The highest BCUT2D eigenvalue weighted by Gasteiger charge is 2.43. The van der Waals surface area contributed by atoms with Gasteiger partial charge in [-0.2, -0.15) is 0 Å². The lowest BCUT2D eigenvalue weighted by Crippen LogP contribution is -2.48. The van der Waals surface area contributed by atoms with Gasteiger partial charge in [0.15, 0.2) is 0 Å². The van der Waals surface area contributed by atoms with E-state index < -0.39 is 5.54 Å². The lowest BCUT2D eigenvalue weighted by atomic mass is 9.63. The van der Waals surface area contributed by atoms with Gasteiger partial charge in [-0.15, -0.1) is 0 Å². The number of pyridine rings is 2. The zero-order valence-corrected chi connectivity index (χ0v) is 23.2. The molecule has 6 nitrogen and oxygen atoms in total. The molecule has 0 amide bonds. The molecular weight excluding hydrogens is 472 g/mol. The van der Waals surface area contributed by atoms with Crippen LogP contribution in [0, 0.1) is 11.8 Å². The third-order valence-corrected chi connectivity index (χ3v) is 8.86. The number of fused-ring (bicyclic) bond motifs is 6. The molecule has 1 aliphatic heterocycles. The van der Waals surface area contributed by atoms with Crippen LogP contribution in [0.2, 0.25) is 0 Å². The van der Waals surface area contributed by atoms with Crippen molar-refractivity contribution in [2.24, 2.45) is 17.6 Å². The van der Waals surface area contributed by atoms with Crippen LogP contribution in [0.25, 0.3) is 0 Å². The minimum Gasteiger partial charge on any atom is -0.326 e. The van der Waals surface area contributed by atoms with Gasteiger partial charge in [-0.3, -0.25) is 9.59 Å². The van der Waals surface area contributed by atoms with Crippen molar-refractivity contribution >= 4 is 0 Å². The maximum Gasteiger partial charge on any atom is 0.248 e. The minimum absolute atomic E-state index is 0.0168. The zero-order valence-electron chi connectivity index (χ0n) is 23.2. The average molecular weight is 515 g/mol. The fourth-order valence-corrected chi connectivity index (χ4v) is 7.54. The van der Waals surface area contributed by atoms with Gasteiger partial charge in [-0.05, 0) is 107 Å². The van der Waals surface area contributed by atoms with Crippen LogP contribution in [0.3, 0.4) is 0 Å². The second-order valence-corrected chi connectivity index (χ2v) is 12.0. The Morgan fingerprint density at radius 3 is 2.21 bits per heavy atom. The van der Waals surface area contributed by atoms with E-state index in [9.17, 15) is 9.59 Å². The van der Waals surface area contributed by atoms with Crippen LogP contribution in [0.5, 0.6) is 0 Å². The molecule has 6 heteroatoms. The number of aromatic amines is 2. The molecule has 2 aromatic rings. The van der Waals surface area contributed by atoms with Gasteiger partial charge in [0.1, 0.15) is 0 Å². The van der Waals surface area contributed by atoms with Crippen LogP contribution in [0.4, 0.5) is 0 Å². The van der Waals surface area contributed by atoms with Gasteiger partial charge in [-0.1, -0.05) is 36.3 Å². The molecule has 1 saturated heterocycles. The van der Waals surface area contributed by atoms with Crippen molar-refractivity contribution in [2.45, 2.75) is 83.7 Å². The van der Waals surface area contributed by atoms with Crippen LogP contribution >= 0.6 is 0 Å². The Bertz CT molecular complexity index is 1420. The maximum absolute atomic E-state index is 11.7. The van der Waals surface area contributed by atoms with Gasteiger partial charge in [0.25, 0.3) is 0 Å². The van der Waals surface area contributed by atoms with Crippen LogP contribution in [-0.4, -0.2) is 16.5 Å². The van der Waals surface area contributed by atoms with Crippen LogP contribution in [0.15, 0.2) is 68.8 Å². The first-order valence-corrected chi connectivity index (χ1v) is 14.1. The van der Waals surface area contributed by atoms with E-state index in [4.69, 9.17) is 5.73 Å². The van der Waals surface area contributed by atoms with E-state index in [1.165, 1.54) is 35.1 Å². The van der Waals surface area contributed by atoms with Crippen LogP contribution in [0.1, 0.15) is 82.3 Å². The van der Waals surface area contributed by atoms with E-state index in [1.54, 1.807) is 12.1 Å². The number of aromatic nitrogens is 2. The largest absolute Gasteiger partial charge is 0.326 e. The molecule has 4 atom stereocenters. The lowest BCUT2D eigenvalue weighted by molar-refractivity contribution is 0.249. The summed E-state index contributed by atoms with van der Waals surface area (Å²) < 4.78 is 0. The van der Waals surface area contributed by atoms with Crippen molar-refractivity contribution in [3.63, 3.8) is 0 Å². The number of H-pyrrole nitrogens is 2. The molecular formula is C32H42N4O2. The van der Waals surface area contributed by atoms with E-state index in [2.05, 4.69) is 67.3 Å². The van der Waals surface area contributed by atoms with Crippen molar-refractivity contribution in [1.82, 2.24) is 15.3 Å². The summed E-state index contributed by atoms with van der Waals surface area (Å²) in [4.78, 5) is 29.2. The van der Waals surface area contributed by atoms with E-state index >= 15 is 0 Å². The summed E-state index contributed by atoms with van der Waals surface area (Å²) >= 11 is 0. The summed E-state index contributed by atoms with van der Waals surface area (Å²) in [5, 5.41) is 3.76. The first-order chi connectivity index (χ1) is 18.1. The molecule has 1 spiro atoms. The standard InChI is InChI=1S/C17H24N2O.C15H18N2O/c1-12-9-13(2)11-17(7-3-4-8-18-17)14-5-6-16(20)19-15(14)10-12;1-3-11-10-6-9(2)8-15(11,16)12-4-5-14(18)17-13(12)7-10/h5-6,9,12,18H,3-4,7-8,10-11H2,1-2H3,(H,19,20);3-6,10H,7-8,16H2,1-2H3,(H,17,18)/b13-9-;11-3+/t12?,17-;10-,15+/m00/s1. The van der Waals surface area contributed by atoms with Crippen molar-refractivity contribution < 1.29 is 0 Å². The molecule has 2 bridgehead atoms. The number of allylic oxidation sites excluding steroid dienone is 3. The highest BCUT2D eigenvalue weighted by Crippen LogP contribution is 2.47. The normalized spacial score (nSPS) is 32.5. The Morgan fingerprint density at radius 2 is 1.55 bits per heavy atom. The number of hydrogen-bond acceptors (Lipinski definition) is 4. The maximum atomic E-state index is 11.7. The third kappa shape index (κ3) is 4.92. The molecule has 0 aromatic carbocycles. The summed E-state index contributed by atoms with van der Waals surface area (Å²) in [6, 6.07) is 7.21. The number of nitrogens with one attached hydrogen (secondary N) is 3.